The predicted octanol–water partition coefficient (Wildman–Crippen LogP) is 6.48. The largest absolute Gasteiger partial charge is 0.486 e. The van der Waals surface area contributed by atoms with Gasteiger partial charge < -0.3 is 14.8 Å². The van der Waals surface area contributed by atoms with E-state index in [2.05, 4.69) is 50.4 Å². The SMILES string of the molecule is CC(C)(C)c1ccc(C(=CC(=O)Nc2ccc3c(c2)OCCO3)c2ccc(Cl)cc2)cc1. The molecule has 4 nitrogen and oxygen atoms in total. The number of amides is 1. The number of carbonyl (C=O) groups is 1. The van der Waals surface area contributed by atoms with Gasteiger partial charge in [-0.25, -0.2) is 0 Å². The highest BCUT2D eigenvalue weighted by atomic mass is 35.5. The highest BCUT2D eigenvalue weighted by Crippen LogP contribution is 2.33. The van der Waals surface area contributed by atoms with Crippen molar-refractivity contribution in [3.8, 4) is 11.5 Å². The van der Waals surface area contributed by atoms with Gasteiger partial charge in [0.25, 0.3) is 0 Å². The molecule has 0 saturated heterocycles. The zero-order valence-electron chi connectivity index (χ0n) is 18.4. The van der Waals surface area contributed by atoms with Gasteiger partial charge in [0, 0.05) is 22.9 Å². The van der Waals surface area contributed by atoms with Crippen LogP contribution in [0.4, 0.5) is 5.69 Å². The minimum Gasteiger partial charge on any atom is -0.486 e. The number of ether oxygens (including phenoxy) is 2. The van der Waals surface area contributed by atoms with Crippen LogP contribution in [0.1, 0.15) is 37.5 Å². The standard InChI is InChI=1S/C27H26ClNO3/c1-27(2,3)20-8-4-18(5-9-20)23(19-6-10-21(28)11-7-19)17-26(30)29-22-12-13-24-25(16-22)32-15-14-31-24/h4-13,16-17H,14-15H2,1-3H3,(H,29,30). The smallest absolute Gasteiger partial charge is 0.249 e. The minimum absolute atomic E-state index is 0.0539. The summed E-state index contributed by atoms with van der Waals surface area (Å²) in [5.41, 5.74) is 4.62. The second-order valence-corrected chi connectivity index (χ2v) is 9.18. The van der Waals surface area contributed by atoms with Crippen molar-refractivity contribution in [1.82, 2.24) is 0 Å². The highest BCUT2D eigenvalue weighted by Gasteiger charge is 2.16. The molecule has 0 aliphatic carbocycles. The number of carbonyl (C=O) groups excluding carboxylic acids is 1. The van der Waals surface area contributed by atoms with E-state index in [-0.39, 0.29) is 11.3 Å². The molecule has 3 aromatic carbocycles. The number of hydrogen-bond donors (Lipinski definition) is 1. The monoisotopic (exact) mass is 447 g/mol. The first-order valence-corrected chi connectivity index (χ1v) is 11.0. The van der Waals surface area contributed by atoms with E-state index < -0.39 is 0 Å². The van der Waals surface area contributed by atoms with Gasteiger partial charge in [0.05, 0.1) is 0 Å². The molecule has 0 bridgehead atoms. The maximum absolute atomic E-state index is 12.9. The third kappa shape index (κ3) is 5.14. The summed E-state index contributed by atoms with van der Waals surface area (Å²) in [6.45, 7) is 7.56. The van der Waals surface area contributed by atoms with Gasteiger partial charge in [0.2, 0.25) is 5.91 Å². The molecule has 5 heteroatoms. The quantitative estimate of drug-likeness (QED) is 0.465. The molecule has 1 aliphatic rings. The third-order valence-electron chi connectivity index (χ3n) is 5.30. The summed E-state index contributed by atoms with van der Waals surface area (Å²) < 4.78 is 11.2. The molecular formula is C27H26ClNO3. The molecule has 0 aromatic heterocycles. The molecule has 1 aliphatic heterocycles. The summed E-state index contributed by atoms with van der Waals surface area (Å²) in [5.74, 6) is 1.09. The lowest BCUT2D eigenvalue weighted by Gasteiger charge is -2.20. The Labute approximate surface area is 193 Å². The molecule has 1 amide bonds. The Balaban J connectivity index is 1.64. The van der Waals surface area contributed by atoms with Gasteiger partial charge in [-0.3, -0.25) is 4.79 Å². The molecule has 1 heterocycles. The highest BCUT2D eigenvalue weighted by molar-refractivity contribution is 6.30. The Kier molecular flexibility index (Phi) is 6.24. The Morgan fingerprint density at radius 1 is 0.875 bits per heavy atom. The Hall–Kier alpha value is -3.24. The molecule has 0 spiro atoms. The lowest BCUT2D eigenvalue weighted by atomic mass is 9.85. The number of hydrogen-bond acceptors (Lipinski definition) is 3. The Morgan fingerprint density at radius 3 is 2.09 bits per heavy atom. The van der Waals surface area contributed by atoms with Gasteiger partial charge in [0.1, 0.15) is 13.2 Å². The van der Waals surface area contributed by atoms with Crippen LogP contribution in [0.25, 0.3) is 5.57 Å². The van der Waals surface area contributed by atoms with Crippen LogP contribution in [0.5, 0.6) is 11.5 Å². The molecule has 0 unspecified atom stereocenters. The summed E-state index contributed by atoms with van der Waals surface area (Å²) in [6, 6.07) is 21.2. The second-order valence-electron chi connectivity index (χ2n) is 8.74. The predicted molar refractivity (Wildman–Crippen MR) is 130 cm³/mol. The fraction of sp³-hybridized carbons (Fsp3) is 0.222. The van der Waals surface area contributed by atoms with E-state index in [1.807, 2.05) is 24.3 Å². The molecule has 4 rings (SSSR count). The van der Waals surface area contributed by atoms with E-state index in [4.69, 9.17) is 21.1 Å². The first-order valence-electron chi connectivity index (χ1n) is 10.6. The van der Waals surface area contributed by atoms with Crippen LogP contribution >= 0.6 is 11.6 Å². The average Bonchev–Trinajstić information content (AvgIpc) is 2.78. The molecule has 32 heavy (non-hydrogen) atoms. The molecule has 0 fully saturated rings. The van der Waals surface area contributed by atoms with E-state index >= 15 is 0 Å². The number of fused-ring (bicyclic) bond motifs is 1. The van der Waals surface area contributed by atoms with Crippen molar-refractivity contribution >= 4 is 28.8 Å². The van der Waals surface area contributed by atoms with Crippen molar-refractivity contribution in [2.45, 2.75) is 26.2 Å². The zero-order valence-corrected chi connectivity index (χ0v) is 19.2. The number of nitrogens with one attached hydrogen (secondary N) is 1. The van der Waals surface area contributed by atoms with Crippen LogP contribution in [-0.4, -0.2) is 19.1 Å². The molecular weight excluding hydrogens is 422 g/mol. The van der Waals surface area contributed by atoms with Gasteiger partial charge >= 0.3 is 0 Å². The van der Waals surface area contributed by atoms with E-state index in [0.717, 1.165) is 16.7 Å². The van der Waals surface area contributed by atoms with Gasteiger partial charge in [-0.15, -0.1) is 0 Å². The van der Waals surface area contributed by atoms with Gasteiger partial charge in [0.15, 0.2) is 11.5 Å². The van der Waals surface area contributed by atoms with Crippen molar-refractivity contribution in [1.29, 1.82) is 0 Å². The van der Waals surface area contributed by atoms with Crippen LogP contribution in [0.2, 0.25) is 5.02 Å². The maximum Gasteiger partial charge on any atom is 0.249 e. The molecule has 0 radical (unpaired) electrons. The van der Waals surface area contributed by atoms with E-state index in [9.17, 15) is 4.79 Å². The second kappa shape index (κ2) is 9.09. The molecule has 3 aromatic rings. The van der Waals surface area contributed by atoms with Gasteiger partial charge in [-0.2, -0.15) is 0 Å². The third-order valence-corrected chi connectivity index (χ3v) is 5.55. The molecule has 0 saturated carbocycles. The summed E-state index contributed by atoms with van der Waals surface area (Å²) in [4.78, 5) is 12.9. The summed E-state index contributed by atoms with van der Waals surface area (Å²) >= 11 is 6.08. The van der Waals surface area contributed by atoms with Crippen molar-refractivity contribution in [3.63, 3.8) is 0 Å². The summed E-state index contributed by atoms with van der Waals surface area (Å²) in [5, 5.41) is 3.58. The number of halogens is 1. The fourth-order valence-corrected chi connectivity index (χ4v) is 3.67. The number of anilines is 1. The van der Waals surface area contributed by atoms with Crippen LogP contribution < -0.4 is 14.8 Å². The number of benzene rings is 3. The molecule has 1 N–H and O–H groups in total. The number of rotatable bonds is 4. The van der Waals surface area contributed by atoms with Crippen molar-refractivity contribution < 1.29 is 14.3 Å². The Bertz CT molecular complexity index is 1140. The van der Waals surface area contributed by atoms with Gasteiger partial charge in [-0.05, 0) is 51.9 Å². The average molecular weight is 448 g/mol. The first kappa shape index (κ1) is 22.0. The first-order chi connectivity index (χ1) is 15.3. The zero-order chi connectivity index (χ0) is 22.7. The Morgan fingerprint density at radius 2 is 1.47 bits per heavy atom. The van der Waals surface area contributed by atoms with Crippen molar-refractivity contribution in [2.24, 2.45) is 0 Å². The van der Waals surface area contributed by atoms with E-state index in [1.165, 1.54) is 5.56 Å². The van der Waals surface area contributed by atoms with E-state index in [1.54, 1.807) is 24.3 Å². The van der Waals surface area contributed by atoms with Crippen LogP contribution in [0.3, 0.4) is 0 Å². The van der Waals surface area contributed by atoms with Crippen LogP contribution in [0.15, 0.2) is 72.8 Å². The lowest BCUT2D eigenvalue weighted by molar-refractivity contribution is -0.111. The normalized spacial score (nSPS) is 13.6. The topological polar surface area (TPSA) is 47.6 Å². The lowest BCUT2D eigenvalue weighted by Crippen LogP contribution is -2.16. The minimum atomic E-state index is -0.230. The van der Waals surface area contributed by atoms with Crippen molar-refractivity contribution in [2.75, 3.05) is 18.5 Å². The van der Waals surface area contributed by atoms with Crippen molar-refractivity contribution in [3.05, 3.63) is 94.5 Å². The molecule has 164 valence electrons. The summed E-state index contributed by atoms with van der Waals surface area (Å²) in [7, 11) is 0. The van der Waals surface area contributed by atoms with Crippen LogP contribution in [-0.2, 0) is 10.2 Å². The molecule has 0 atom stereocenters. The summed E-state index contributed by atoms with van der Waals surface area (Å²) in [6.07, 6.45) is 1.62. The van der Waals surface area contributed by atoms with E-state index in [0.29, 0.717) is 35.4 Å². The maximum atomic E-state index is 12.9. The van der Waals surface area contributed by atoms with Crippen LogP contribution in [0, 0.1) is 0 Å². The van der Waals surface area contributed by atoms with Gasteiger partial charge in [-0.1, -0.05) is 68.8 Å². The fourth-order valence-electron chi connectivity index (χ4n) is 3.54.